The number of hydrogen-bond donors (Lipinski definition) is 2. The lowest BCUT2D eigenvalue weighted by Crippen LogP contribution is -2.41. The summed E-state index contributed by atoms with van der Waals surface area (Å²) >= 11 is 0. The van der Waals surface area contributed by atoms with Gasteiger partial charge in [0.15, 0.2) is 0 Å². The normalized spacial score (nSPS) is 12.4. The number of carbonyl (C=O) groups excluding carboxylic acids is 1. The van der Waals surface area contributed by atoms with Gasteiger partial charge in [0.25, 0.3) is 0 Å². The number of aromatic nitrogens is 2. The van der Waals surface area contributed by atoms with Crippen molar-refractivity contribution in [3.05, 3.63) is 18.2 Å². The topological polar surface area (TPSA) is 72.9 Å². The number of nitrogens with two attached hydrogens (primary N) is 1. The average molecular weight is 224 g/mol. The molecule has 5 nitrogen and oxygen atoms in total. The summed E-state index contributed by atoms with van der Waals surface area (Å²) in [5.74, 6) is 0.889. The van der Waals surface area contributed by atoms with Crippen LogP contribution in [0.2, 0.25) is 0 Å². The third kappa shape index (κ3) is 3.66. The van der Waals surface area contributed by atoms with Gasteiger partial charge in [0.05, 0.1) is 6.04 Å². The molecule has 5 heteroatoms. The van der Waals surface area contributed by atoms with Crippen LogP contribution >= 0.6 is 0 Å². The van der Waals surface area contributed by atoms with Crippen molar-refractivity contribution >= 4 is 5.91 Å². The van der Waals surface area contributed by atoms with Gasteiger partial charge in [-0.1, -0.05) is 13.3 Å². The average Bonchev–Trinajstić information content (AvgIpc) is 2.65. The van der Waals surface area contributed by atoms with Gasteiger partial charge in [0, 0.05) is 32.4 Å². The fourth-order valence-electron chi connectivity index (χ4n) is 1.51. The number of carbonyl (C=O) groups is 1. The van der Waals surface area contributed by atoms with Crippen molar-refractivity contribution < 1.29 is 4.79 Å². The smallest absolute Gasteiger partial charge is 0.236 e. The van der Waals surface area contributed by atoms with Gasteiger partial charge in [0.1, 0.15) is 5.82 Å². The van der Waals surface area contributed by atoms with Gasteiger partial charge in [-0.15, -0.1) is 0 Å². The predicted molar refractivity (Wildman–Crippen MR) is 62.8 cm³/mol. The summed E-state index contributed by atoms with van der Waals surface area (Å²) in [5, 5.41) is 2.82. The van der Waals surface area contributed by atoms with Crippen LogP contribution in [0.25, 0.3) is 0 Å². The number of hydrogen-bond acceptors (Lipinski definition) is 3. The SMILES string of the molecule is CCC[C@@H](N)C(=O)NCCc1nccn1C. The fourth-order valence-corrected chi connectivity index (χ4v) is 1.51. The van der Waals surface area contributed by atoms with Crippen LogP contribution in [0.3, 0.4) is 0 Å². The van der Waals surface area contributed by atoms with E-state index in [0.717, 1.165) is 25.1 Å². The number of aryl methyl sites for hydroxylation is 1. The van der Waals surface area contributed by atoms with Crippen molar-refractivity contribution in [3.8, 4) is 0 Å². The van der Waals surface area contributed by atoms with E-state index in [4.69, 9.17) is 5.73 Å². The van der Waals surface area contributed by atoms with Gasteiger partial charge >= 0.3 is 0 Å². The van der Waals surface area contributed by atoms with Crippen LogP contribution < -0.4 is 11.1 Å². The first-order valence-electron chi connectivity index (χ1n) is 5.64. The van der Waals surface area contributed by atoms with Crippen LogP contribution in [-0.4, -0.2) is 28.0 Å². The van der Waals surface area contributed by atoms with Crippen molar-refractivity contribution in [1.29, 1.82) is 0 Å². The molecule has 0 aromatic carbocycles. The van der Waals surface area contributed by atoms with Gasteiger partial charge in [0.2, 0.25) is 5.91 Å². The summed E-state index contributed by atoms with van der Waals surface area (Å²) in [6.07, 6.45) is 6.02. The molecule has 0 unspecified atom stereocenters. The number of amides is 1. The molecule has 1 rings (SSSR count). The van der Waals surface area contributed by atoms with E-state index < -0.39 is 0 Å². The third-order valence-electron chi connectivity index (χ3n) is 2.51. The van der Waals surface area contributed by atoms with E-state index in [0.29, 0.717) is 6.54 Å². The van der Waals surface area contributed by atoms with Crippen LogP contribution in [-0.2, 0) is 18.3 Å². The van der Waals surface area contributed by atoms with Gasteiger partial charge in [-0.25, -0.2) is 4.98 Å². The number of nitrogens with one attached hydrogen (secondary N) is 1. The highest BCUT2D eigenvalue weighted by Crippen LogP contribution is 1.95. The minimum Gasteiger partial charge on any atom is -0.354 e. The second kappa shape index (κ2) is 6.27. The minimum atomic E-state index is -0.383. The van der Waals surface area contributed by atoms with Crippen molar-refractivity contribution in [2.45, 2.75) is 32.2 Å². The van der Waals surface area contributed by atoms with Crippen LogP contribution in [0.1, 0.15) is 25.6 Å². The van der Waals surface area contributed by atoms with Crippen molar-refractivity contribution in [2.75, 3.05) is 6.54 Å². The zero-order valence-corrected chi connectivity index (χ0v) is 9.94. The van der Waals surface area contributed by atoms with Crippen LogP contribution in [0.4, 0.5) is 0 Å². The summed E-state index contributed by atoms with van der Waals surface area (Å²) in [7, 11) is 1.94. The maximum atomic E-state index is 11.5. The molecule has 1 heterocycles. The van der Waals surface area contributed by atoms with Crippen molar-refractivity contribution in [1.82, 2.24) is 14.9 Å². The molecule has 0 bridgehead atoms. The summed E-state index contributed by atoms with van der Waals surface area (Å²) in [4.78, 5) is 15.7. The molecule has 1 aromatic heterocycles. The van der Waals surface area contributed by atoms with Crippen LogP contribution in [0, 0.1) is 0 Å². The molecule has 0 aliphatic rings. The first kappa shape index (κ1) is 12.7. The monoisotopic (exact) mass is 224 g/mol. The first-order chi connectivity index (χ1) is 7.65. The Morgan fingerprint density at radius 2 is 2.44 bits per heavy atom. The van der Waals surface area contributed by atoms with E-state index in [2.05, 4.69) is 10.3 Å². The van der Waals surface area contributed by atoms with E-state index in [9.17, 15) is 4.79 Å². The lowest BCUT2D eigenvalue weighted by molar-refractivity contribution is -0.122. The molecule has 1 aromatic rings. The Hall–Kier alpha value is -1.36. The highest BCUT2D eigenvalue weighted by Gasteiger charge is 2.11. The molecular weight excluding hydrogens is 204 g/mol. The largest absolute Gasteiger partial charge is 0.354 e. The van der Waals surface area contributed by atoms with E-state index in [-0.39, 0.29) is 11.9 Å². The zero-order valence-electron chi connectivity index (χ0n) is 9.94. The highest BCUT2D eigenvalue weighted by molar-refractivity contribution is 5.81. The maximum Gasteiger partial charge on any atom is 0.236 e. The zero-order chi connectivity index (χ0) is 12.0. The Balaban J connectivity index is 2.25. The molecule has 90 valence electrons. The third-order valence-corrected chi connectivity index (χ3v) is 2.51. The standard InChI is InChI=1S/C11H20N4O/c1-3-4-9(12)11(16)14-6-5-10-13-7-8-15(10)2/h7-9H,3-6,12H2,1-2H3,(H,14,16)/t9-/m1/s1. The van der Waals surface area contributed by atoms with E-state index in [1.165, 1.54) is 0 Å². The van der Waals surface area contributed by atoms with Crippen molar-refractivity contribution in [2.24, 2.45) is 12.8 Å². The summed E-state index contributed by atoms with van der Waals surface area (Å²) in [6, 6.07) is -0.383. The molecule has 1 amide bonds. The van der Waals surface area contributed by atoms with E-state index >= 15 is 0 Å². The molecule has 0 aliphatic carbocycles. The van der Waals surface area contributed by atoms with Gasteiger partial charge in [-0.2, -0.15) is 0 Å². The Morgan fingerprint density at radius 1 is 1.69 bits per heavy atom. The molecule has 0 radical (unpaired) electrons. The lowest BCUT2D eigenvalue weighted by Gasteiger charge is -2.10. The summed E-state index contributed by atoms with van der Waals surface area (Å²) in [5.41, 5.74) is 5.68. The number of nitrogens with zero attached hydrogens (tertiary/aromatic N) is 2. The maximum absolute atomic E-state index is 11.5. The molecule has 3 N–H and O–H groups in total. The fraction of sp³-hybridized carbons (Fsp3) is 0.636. The van der Waals surface area contributed by atoms with Gasteiger partial charge in [-0.05, 0) is 6.42 Å². The molecular formula is C11H20N4O. The predicted octanol–water partition coefficient (Wildman–Crippen LogP) is 0.206. The molecule has 16 heavy (non-hydrogen) atoms. The van der Waals surface area contributed by atoms with E-state index in [1.54, 1.807) is 6.20 Å². The summed E-state index contributed by atoms with van der Waals surface area (Å²) in [6.45, 7) is 2.60. The van der Waals surface area contributed by atoms with E-state index in [1.807, 2.05) is 24.7 Å². The molecule has 0 spiro atoms. The Bertz CT molecular complexity index is 334. The van der Waals surface area contributed by atoms with Crippen LogP contribution in [0.15, 0.2) is 12.4 Å². The second-order valence-electron chi connectivity index (χ2n) is 3.89. The molecule has 1 atom stereocenters. The minimum absolute atomic E-state index is 0.0731. The molecule has 0 aliphatic heterocycles. The number of rotatable bonds is 6. The van der Waals surface area contributed by atoms with Crippen molar-refractivity contribution in [3.63, 3.8) is 0 Å². The molecule has 0 saturated heterocycles. The van der Waals surface area contributed by atoms with Gasteiger partial charge in [-0.3, -0.25) is 4.79 Å². The Kier molecular flexibility index (Phi) is 4.98. The summed E-state index contributed by atoms with van der Waals surface area (Å²) < 4.78 is 1.94. The lowest BCUT2D eigenvalue weighted by atomic mass is 10.1. The Labute approximate surface area is 96.0 Å². The highest BCUT2D eigenvalue weighted by atomic mass is 16.2. The van der Waals surface area contributed by atoms with Gasteiger partial charge < -0.3 is 15.6 Å². The quantitative estimate of drug-likeness (QED) is 0.725. The van der Waals surface area contributed by atoms with Crippen LogP contribution in [0.5, 0.6) is 0 Å². The second-order valence-corrected chi connectivity index (χ2v) is 3.89. The Morgan fingerprint density at radius 3 is 3.00 bits per heavy atom. The molecule has 0 fully saturated rings. The molecule has 0 saturated carbocycles. The number of imidazole rings is 1. The first-order valence-corrected chi connectivity index (χ1v) is 5.64.